The lowest BCUT2D eigenvalue weighted by atomic mass is 10.0. The molecule has 2 aliphatic rings. The number of nitrogens with two attached hydrogens (primary N) is 1. The molecular formula is C22H32ClF3N4O3. The van der Waals surface area contributed by atoms with Crippen LogP contribution in [0.5, 0.6) is 0 Å². The summed E-state index contributed by atoms with van der Waals surface area (Å²) in [5.74, 6) is -0.715. The van der Waals surface area contributed by atoms with Crippen molar-refractivity contribution in [3.05, 3.63) is 39.8 Å². The molecule has 0 atom stereocenters. The number of alkyl halides is 3. The number of carbonyl (C=O) groups is 1. The van der Waals surface area contributed by atoms with Crippen LogP contribution < -0.4 is 16.6 Å². The second kappa shape index (κ2) is 14.2. The molecule has 2 fully saturated rings. The Labute approximate surface area is 196 Å². The fourth-order valence-electron chi connectivity index (χ4n) is 3.20. The molecular weight excluding hydrogens is 461 g/mol. The van der Waals surface area contributed by atoms with Gasteiger partial charge in [0.2, 0.25) is 5.91 Å². The summed E-state index contributed by atoms with van der Waals surface area (Å²) in [6.45, 7) is 6.11. The van der Waals surface area contributed by atoms with Gasteiger partial charge >= 0.3 is 6.18 Å². The summed E-state index contributed by atoms with van der Waals surface area (Å²) in [6.07, 6.45) is 1.32. The number of benzene rings is 1. The molecule has 1 amide bonds. The van der Waals surface area contributed by atoms with Gasteiger partial charge in [-0.3, -0.25) is 13.9 Å². The summed E-state index contributed by atoms with van der Waals surface area (Å²) in [7, 11) is 1.39. The number of carbonyl (C=O) groups excluding carboxylic acids is 1. The van der Waals surface area contributed by atoms with Gasteiger partial charge in [-0.1, -0.05) is 20.3 Å². The smallest absolute Gasteiger partial charge is 0.368 e. The zero-order valence-electron chi connectivity index (χ0n) is 19.2. The maximum atomic E-state index is 12.9. The molecule has 0 spiro atoms. The molecule has 3 N–H and O–H groups in total. The Bertz CT molecular complexity index is 931. The van der Waals surface area contributed by atoms with Crippen LogP contribution in [0, 0.1) is 0 Å². The van der Waals surface area contributed by atoms with Crippen molar-refractivity contribution in [3.8, 4) is 0 Å². The third kappa shape index (κ3) is 9.30. The molecule has 4 rings (SSSR count). The SMILES string of the molecule is C1CCNCC1.CC.COCl.NC(=O)Cn1nc(C2CC2)c2cc(C(F)(F)F)ccc2c1=O. The number of hydrogen-bond acceptors (Lipinski definition) is 5. The van der Waals surface area contributed by atoms with E-state index < -0.39 is 29.8 Å². The molecule has 1 aromatic heterocycles. The van der Waals surface area contributed by atoms with Crippen LogP contribution in [-0.2, 0) is 21.8 Å². The van der Waals surface area contributed by atoms with Gasteiger partial charge in [-0.25, -0.2) is 4.68 Å². The highest BCUT2D eigenvalue weighted by Gasteiger charge is 2.33. The number of rotatable bonds is 3. The fourth-order valence-corrected chi connectivity index (χ4v) is 3.20. The van der Waals surface area contributed by atoms with Crippen molar-refractivity contribution in [3.63, 3.8) is 0 Å². The molecule has 0 unspecified atom stereocenters. The van der Waals surface area contributed by atoms with Gasteiger partial charge in [-0.15, -0.1) is 0 Å². The third-order valence-electron chi connectivity index (χ3n) is 4.79. The van der Waals surface area contributed by atoms with E-state index in [-0.39, 0.29) is 16.7 Å². The van der Waals surface area contributed by atoms with Crippen molar-refractivity contribution in [1.29, 1.82) is 0 Å². The summed E-state index contributed by atoms with van der Waals surface area (Å²) in [5, 5.41) is 7.66. The number of halogens is 4. The van der Waals surface area contributed by atoms with Crippen molar-refractivity contribution >= 4 is 28.5 Å². The van der Waals surface area contributed by atoms with Gasteiger partial charge in [-0.05, 0) is 57.0 Å². The van der Waals surface area contributed by atoms with Crippen LogP contribution in [0.4, 0.5) is 13.2 Å². The summed E-state index contributed by atoms with van der Waals surface area (Å²) < 4.78 is 43.2. The van der Waals surface area contributed by atoms with Crippen LogP contribution in [0.15, 0.2) is 23.0 Å². The van der Waals surface area contributed by atoms with Gasteiger partial charge in [0.25, 0.3) is 5.56 Å². The van der Waals surface area contributed by atoms with Crippen molar-refractivity contribution in [2.45, 2.75) is 64.6 Å². The summed E-state index contributed by atoms with van der Waals surface area (Å²) in [5.41, 5.74) is 4.05. The van der Waals surface area contributed by atoms with Crippen LogP contribution in [0.25, 0.3) is 10.8 Å². The third-order valence-corrected chi connectivity index (χ3v) is 4.79. The molecule has 0 bridgehead atoms. The molecule has 186 valence electrons. The zero-order valence-corrected chi connectivity index (χ0v) is 19.9. The second-order valence-corrected chi connectivity index (χ2v) is 7.62. The molecule has 1 saturated carbocycles. The van der Waals surface area contributed by atoms with Gasteiger partial charge in [0.05, 0.1) is 35.6 Å². The van der Waals surface area contributed by atoms with Crippen LogP contribution in [-0.4, -0.2) is 35.9 Å². The summed E-state index contributed by atoms with van der Waals surface area (Å²) in [6, 6.07) is 2.94. The standard InChI is InChI=1S/C14H12F3N3O2.C5H11N.C2H6.CH3ClO/c15-14(16,17)8-3-4-9-10(5-8)12(7-1-2-7)19-20(13(9)22)6-11(18)21;1-2-4-6-5-3-1;1-2;1-3-2/h3-5,7H,1-2,6H2,(H2,18,21);6H,1-5H2;1-2H3;1H3. The van der Waals surface area contributed by atoms with E-state index in [4.69, 9.17) is 5.73 Å². The molecule has 1 aliphatic heterocycles. The van der Waals surface area contributed by atoms with E-state index in [2.05, 4.69) is 26.6 Å². The van der Waals surface area contributed by atoms with Gasteiger partial charge < -0.3 is 11.1 Å². The molecule has 33 heavy (non-hydrogen) atoms. The molecule has 1 aliphatic carbocycles. The first-order chi connectivity index (χ1) is 15.7. The minimum Gasteiger partial charge on any atom is -0.368 e. The number of primary amides is 1. The van der Waals surface area contributed by atoms with Gasteiger partial charge in [0, 0.05) is 11.3 Å². The highest BCUT2D eigenvalue weighted by atomic mass is 35.5. The molecule has 0 radical (unpaired) electrons. The average Bonchev–Trinajstić information content (AvgIpc) is 3.63. The largest absolute Gasteiger partial charge is 0.416 e. The Kier molecular flexibility index (Phi) is 12.4. The number of piperidine rings is 1. The minimum atomic E-state index is -4.49. The van der Waals surface area contributed by atoms with Crippen LogP contribution in [0.2, 0.25) is 0 Å². The first-order valence-electron chi connectivity index (χ1n) is 10.9. The maximum absolute atomic E-state index is 12.9. The predicted octanol–water partition coefficient (Wildman–Crippen LogP) is 4.35. The Hall–Kier alpha value is -2.17. The highest BCUT2D eigenvalue weighted by molar-refractivity contribution is 6.07. The predicted molar refractivity (Wildman–Crippen MR) is 123 cm³/mol. The summed E-state index contributed by atoms with van der Waals surface area (Å²) >= 11 is 4.50. The van der Waals surface area contributed by atoms with Crippen LogP contribution >= 0.6 is 11.9 Å². The Morgan fingerprint density at radius 2 is 1.79 bits per heavy atom. The number of fused-ring (bicyclic) bond motifs is 1. The first kappa shape index (κ1) is 28.9. The van der Waals surface area contributed by atoms with Crippen LogP contribution in [0.3, 0.4) is 0 Å². The van der Waals surface area contributed by atoms with Crippen molar-refractivity contribution in [1.82, 2.24) is 15.1 Å². The van der Waals surface area contributed by atoms with E-state index in [1.54, 1.807) is 0 Å². The van der Waals surface area contributed by atoms with Crippen molar-refractivity contribution in [2.75, 3.05) is 20.2 Å². The first-order valence-corrected chi connectivity index (χ1v) is 11.3. The van der Waals surface area contributed by atoms with Gasteiger partial charge in [0.15, 0.2) is 0 Å². The molecule has 2 heterocycles. The Morgan fingerprint density at radius 3 is 2.18 bits per heavy atom. The molecule has 1 saturated heterocycles. The lowest BCUT2D eigenvalue weighted by molar-refractivity contribution is -0.137. The normalized spacial score (nSPS) is 15.2. The number of amides is 1. The van der Waals surface area contributed by atoms with E-state index in [1.807, 2.05) is 13.8 Å². The maximum Gasteiger partial charge on any atom is 0.416 e. The quantitative estimate of drug-likeness (QED) is 0.663. The highest BCUT2D eigenvalue weighted by Crippen LogP contribution is 2.42. The van der Waals surface area contributed by atoms with Crippen molar-refractivity contribution < 1.29 is 22.3 Å². The number of aromatic nitrogens is 2. The van der Waals surface area contributed by atoms with Crippen molar-refractivity contribution in [2.24, 2.45) is 5.73 Å². The van der Waals surface area contributed by atoms with E-state index >= 15 is 0 Å². The Morgan fingerprint density at radius 1 is 1.21 bits per heavy atom. The number of hydrogen-bond donors (Lipinski definition) is 2. The lowest BCUT2D eigenvalue weighted by Crippen LogP contribution is -2.31. The number of nitrogens with zero attached hydrogens (tertiary/aromatic N) is 2. The second-order valence-electron chi connectivity index (χ2n) is 7.31. The van der Waals surface area contributed by atoms with Gasteiger partial charge in [-0.2, -0.15) is 18.3 Å². The average molecular weight is 493 g/mol. The van der Waals surface area contributed by atoms with E-state index in [1.165, 1.54) is 39.5 Å². The van der Waals surface area contributed by atoms with E-state index in [0.717, 1.165) is 35.7 Å². The molecule has 2 aromatic rings. The molecule has 1 aromatic carbocycles. The zero-order chi connectivity index (χ0) is 25.0. The fraction of sp³-hybridized carbons (Fsp3) is 0.591. The molecule has 11 heteroatoms. The topological polar surface area (TPSA) is 99.2 Å². The Balaban J connectivity index is 0.000000413. The molecule has 7 nitrogen and oxygen atoms in total. The van der Waals surface area contributed by atoms with Gasteiger partial charge in [0.1, 0.15) is 6.54 Å². The monoisotopic (exact) mass is 492 g/mol. The summed E-state index contributed by atoms with van der Waals surface area (Å²) in [4.78, 5) is 23.2. The van der Waals surface area contributed by atoms with E-state index in [9.17, 15) is 22.8 Å². The van der Waals surface area contributed by atoms with E-state index in [0.29, 0.717) is 5.69 Å². The lowest BCUT2D eigenvalue weighted by Gasteiger charge is -2.12. The minimum absolute atomic E-state index is 0.0192. The number of nitrogens with one attached hydrogen (secondary N) is 1. The van der Waals surface area contributed by atoms with Crippen LogP contribution in [0.1, 0.15) is 63.1 Å².